The maximum absolute atomic E-state index is 5.73. The van der Waals surface area contributed by atoms with E-state index in [1.165, 1.54) is 6.20 Å². The van der Waals surface area contributed by atoms with Crippen LogP contribution in [0.3, 0.4) is 0 Å². The van der Waals surface area contributed by atoms with Crippen LogP contribution >= 0.6 is 0 Å². The molecule has 0 aliphatic rings. The van der Waals surface area contributed by atoms with E-state index >= 15 is 0 Å². The quantitative estimate of drug-likeness (QED) is 0.678. The Morgan fingerprint density at radius 2 is 2.07 bits per heavy atom. The van der Waals surface area contributed by atoms with Gasteiger partial charge < -0.3 is 10.3 Å². The van der Waals surface area contributed by atoms with Crippen molar-refractivity contribution in [3.8, 4) is 0 Å². The number of aromatic nitrogens is 4. The molecule has 0 saturated heterocycles. The van der Waals surface area contributed by atoms with Crippen molar-refractivity contribution >= 4 is 16.9 Å². The third-order valence-corrected chi connectivity index (χ3v) is 2.09. The molecule has 2 rings (SSSR count). The maximum Gasteiger partial charge on any atom is 0.185 e. The summed E-state index contributed by atoms with van der Waals surface area (Å²) in [6.07, 6.45) is 3.26. The molecule has 0 spiro atoms. The van der Waals surface area contributed by atoms with Crippen LogP contribution in [0.15, 0.2) is 12.5 Å². The molecule has 5 nitrogen and oxygen atoms in total. The van der Waals surface area contributed by atoms with E-state index < -0.39 is 0 Å². The molecule has 0 bridgehead atoms. The second kappa shape index (κ2) is 2.67. The summed E-state index contributed by atoms with van der Waals surface area (Å²) in [5.41, 5.74) is 7.70. The number of hydrogen-bond donors (Lipinski definition) is 1. The molecule has 2 aromatic heterocycles. The molecule has 2 aromatic rings. The zero-order valence-corrected chi connectivity index (χ0v) is 8.52. The Balaban J connectivity index is 2.76. The van der Waals surface area contributed by atoms with Gasteiger partial charge in [-0.15, -0.1) is 5.10 Å². The van der Waals surface area contributed by atoms with Crippen LogP contribution in [0.5, 0.6) is 0 Å². The van der Waals surface area contributed by atoms with Gasteiger partial charge in [-0.3, -0.25) is 0 Å². The summed E-state index contributed by atoms with van der Waals surface area (Å²) in [4.78, 5) is 4.22. The van der Waals surface area contributed by atoms with E-state index in [9.17, 15) is 0 Å². The van der Waals surface area contributed by atoms with Gasteiger partial charge in [0.1, 0.15) is 5.52 Å². The number of fused-ring (bicyclic) bond motifs is 1. The SMILES string of the molecule is CC(C)(C)n1cnc2c(N)cnnc21. The first kappa shape index (κ1) is 8.93. The van der Waals surface area contributed by atoms with Crippen molar-refractivity contribution in [3.63, 3.8) is 0 Å². The Morgan fingerprint density at radius 1 is 1.36 bits per heavy atom. The molecule has 0 unspecified atom stereocenters. The molecule has 0 fully saturated rings. The van der Waals surface area contributed by atoms with Gasteiger partial charge in [0.15, 0.2) is 5.65 Å². The van der Waals surface area contributed by atoms with Crippen molar-refractivity contribution < 1.29 is 0 Å². The smallest absolute Gasteiger partial charge is 0.185 e. The summed E-state index contributed by atoms with van der Waals surface area (Å²) in [7, 11) is 0. The third kappa shape index (κ3) is 1.21. The van der Waals surface area contributed by atoms with Crippen LogP contribution in [0.25, 0.3) is 11.2 Å². The number of nitrogen functional groups attached to an aromatic ring is 1. The summed E-state index contributed by atoms with van der Waals surface area (Å²) in [5, 5.41) is 7.86. The third-order valence-electron chi connectivity index (χ3n) is 2.09. The standard InChI is InChI=1S/C9H13N5/c1-9(2,3)14-5-11-7-6(10)4-12-13-8(7)14/h4-5H,1-3H3,(H2,10,13). The number of rotatable bonds is 0. The van der Waals surface area contributed by atoms with Crippen LogP contribution < -0.4 is 5.73 Å². The molecule has 2 N–H and O–H groups in total. The summed E-state index contributed by atoms with van der Waals surface area (Å²) >= 11 is 0. The molecule has 0 aliphatic heterocycles. The first-order chi connectivity index (χ1) is 6.50. The van der Waals surface area contributed by atoms with Gasteiger partial charge in [0.05, 0.1) is 18.2 Å². The van der Waals surface area contributed by atoms with Crippen LogP contribution in [0.1, 0.15) is 20.8 Å². The largest absolute Gasteiger partial charge is 0.396 e. The van der Waals surface area contributed by atoms with Gasteiger partial charge in [0.2, 0.25) is 0 Å². The van der Waals surface area contributed by atoms with E-state index in [0.717, 1.165) is 11.2 Å². The number of nitrogens with two attached hydrogens (primary N) is 1. The predicted octanol–water partition coefficient (Wildman–Crippen LogP) is 1.16. The monoisotopic (exact) mass is 191 g/mol. The molecule has 14 heavy (non-hydrogen) atoms. The minimum absolute atomic E-state index is 0.0583. The molecule has 5 heteroatoms. The topological polar surface area (TPSA) is 69.6 Å². The Hall–Kier alpha value is -1.65. The average molecular weight is 191 g/mol. The number of nitrogens with zero attached hydrogens (tertiary/aromatic N) is 4. The van der Waals surface area contributed by atoms with Gasteiger partial charge in [0.25, 0.3) is 0 Å². The lowest BCUT2D eigenvalue weighted by Gasteiger charge is -2.20. The van der Waals surface area contributed by atoms with E-state index in [4.69, 9.17) is 5.73 Å². The molecule has 0 aliphatic carbocycles. The first-order valence-corrected chi connectivity index (χ1v) is 4.45. The highest BCUT2D eigenvalue weighted by atomic mass is 15.2. The highest BCUT2D eigenvalue weighted by Crippen LogP contribution is 2.22. The highest BCUT2D eigenvalue weighted by molar-refractivity contribution is 5.82. The zero-order valence-electron chi connectivity index (χ0n) is 8.52. The second-order valence-electron chi connectivity index (χ2n) is 4.26. The van der Waals surface area contributed by atoms with Crippen molar-refractivity contribution in [1.82, 2.24) is 19.7 Å². The van der Waals surface area contributed by atoms with Crippen molar-refractivity contribution in [2.75, 3.05) is 5.73 Å². The summed E-state index contributed by atoms with van der Waals surface area (Å²) in [6.45, 7) is 6.25. The van der Waals surface area contributed by atoms with Crippen molar-refractivity contribution in [2.24, 2.45) is 0 Å². The van der Waals surface area contributed by atoms with Gasteiger partial charge in [0, 0.05) is 5.54 Å². The summed E-state index contributed by atoms with van der Waals surface area (Å²) < 4.78 is 1.96. The van der Waals surface area contributed by atoms with Gasteiger partial charge in [-0.1, -0.05) is 0 Å². The molecule has 0 saturated carbocycles. The van der Waals surface area contributed by atoms with Crippen LogP contribution in [0.2, 0.25) is 0 Å². The number of anilines is 1. The Morgan fingerprint density at radius 3 is 2.71 bits per heavy atom. The number of imidazole rings is 1. The minimum atomic E-state index is -0.0583. The molecule has 0 aromatic carbocycles. The fourth-order valence-electron chi connectivity index (χ4n) is 1.34. The van der Waals surface area contributed by atoms with Gasteiger partial charge >= 0.3 is 0 Å². The van der Waals surface area contributed by atoms with Crippen molar-refractivity contribution in [1.29, 1.82) is 0 Å². The van der Waals surface area contributed by atoms with E-state index in [1.807, 2.05) is 4.57 Å². The zero-order chi connectivity index (χ0) is 10.3. The lowest BCUT2D eigenvalue weighted by Crippen LogP contribution is -2.21. The Bertz CT molecular complexity index is 465. The van der Waals surface area contributed by atoms with Crippen LogP contribution in [0.4, 0.5) is 5.69 Å². The maximum atomic E-state index is 5.73. The van der Waals surface area contributed by atoms with Gasteiger partial charge in [-0.2, -0.15) is 5.10 Å². The van der Waals surface area contributed by atoms with Crippen LogP contribution in [-0.4, -0.2) is 19.7 Å². The van der Waals surface area contributed by atoms with E-state index in [2.05, 4.69) is 36.0 Å². The normalized spacial score (nSPS) is 12.2. The predicted molar refractivity (Wildman–Crippen MR) is 54.7 cm³/mol. The molecular weight excluding hydrogens is 178 g/mol. The van der Waals surface area contributed by atoms with Gasteiger partial charge in [-0.25, -0.2) is 4.98 Å². The lowest BCUT2D eigenvalue weighted by molar-refractivity contribution is 0.405. The Kier molecular flexibility index (Phi) is 1.70. The lowest BCUT2D eigenvalue weighted by atomic mass is 10.1. The fraction of sp³-hybridized carbons (Fsp3) is 0.444. The van der Waals surface area contributed by atoms with Crippen LogP contribution in [0, 0.1) is 0 Å². The fourth-order valence-corrected chi connectivity index (χ4v) is 1.34. The summed E-state index contributed by atoms with van der Waals surface area (Å²) in [6, 6.07) is 0. The molecule has 74 valence electrons. The first-order valence-electron chi connectivity index (χ1n) is 4.45. The van der Waals surface area contributed by atoms with E-state index in [1.54, 1.807) is 6.33 Å². The number of hydrogen-bond acceptors (Lipinski definition) is 4. The van der Waals surface area contributed by atoms with Crippen molar-refractivity contribution in [2.45, 2.75) is 26.3 Å². The molecule has 0 amide bonds. The second-order valence-corrected chi connectivity index (χ2v) is 4.26. The van der Waals surface area contributed by atoms with Crippen LogP contribution in [-0.2, 0) is 5.54 Å². The van der Waals surface area contributed by atoms with E-state index in [0.29, 0.717) is 5.69 Å². The molecular formula is C9H13N5. The summed E-state index contributed by atoms with van der Waals surface area (Å²) in [5.74, 6) is 0. The average Bonchev–Trinajstić information content (AvgIpc) is 2.47. The van der Waals surface area contributed by atoms with Gasteiger partial charge in [-0.05, 0) is 20.8 Å². The molecule has 0 atom stereocenters. The minimum Gasteiger partial charge on any atom is -0.396 e. The van der Waals surface area contributed by atoms with Crippen molar-refractivity contribution in [3.05, 3.63) is 12.5 Å². The van der Waals surface area contributed by atoms with E-state index in [-0.39, 0.29) is 5.54 Å². The molecule has 0 radical (unpaired) electrons. The Labute approximate surface area is 82.0 Å². The molecule has 2 heterocycles. The highest BCUT2D eigenvalue weighted by Gasteiger charge is 2.17.